The van der Waals surface area contributed by atoms with Gasteiger partial charge in [-0.1, -0.05) is 6.92 Å². The number of benzene rings is 1. The Morgan fingerprint density at radius 2 is 2.17 bits per heavy atom. The lowest BCUT2D eigenvalue weighted by Gasteiger charge is -2.05. The highest BCUT2D eigenvalue weighted by Gasteiger charge is 1.97. The number of phenolic OH excluding ortho intramolecular Hbond substituents is 1. The van der Waals surface area contributed by atoms with E-state index in [9.17, 15) is 0 Å². The quantitative estimate of drug-likeness (QED) is 0.674. The van der Waals surface area contributed by atoms with Gasteiger partial charge in [-0.3, -0.25) is 0 Å². The second-order valence-corrected chi connectivity index (χ2v) is 2.61. The van der Waals surface area contributed by atoms with Crippen molar-refractivity contribution < 1.29 is 9.84 Å². The first-order valence-electron chi connectivity index (χ1n) is 3.94. The molecule has 0 atom stereocenters. The number of nitrogens with two attached hydrogens (primary N) is 1. The first kappa shape index (κ1) is 8.71. The van der Waals surface area contributed by atoms with Crippen LogP contribution in [-0.2, 0) is 0 Å². The van der Waals surface area contributed by atoms with Crippen LogP contribution in [0.25, 0.3) is 0 Å². The van der Waals surface area contributed by atoms with E-state index in [0.717, 1.165) is 6.42 Å². The molecule has 3 heteroatoms. The second kappa shape index (κ2) is 3.85. The smallest absolute Gasteiger partial charge is 0.125 e. The SMILES string of the molecule is CCCOc1cc(N)cc(O)c1. The highest BCUT2D eigenvalue weighted by Crippen LogP contribution is 2.22. The minimum atomic E-state index is 0.140. The topological polar surface area (TPSA) is 55.5 Å². The lowest BCUT2D eigenvalue weighted by atomic mass is 10.3. The van der Waals surface area contributed by atoms with Crippen molar-refractivity contribution in [2.45, 2.75) is 13.3 Å². The molecule has 0 saturated carbocycles. The lowest BCUT2D eigenvalue weighted by Crippen LogP contribution is -1.95. The number of nitrogen functional groups attached to an aromatic ring is 1. The van der Waals surface area contributed by atoms with E-state index in [1.165, 1.54) is 6.07 Å². The predicted molar refractivity (Wildman–Crippen MR) is 48.3 cm³/mol. The first-order chi connectivity index (χ1) is 5.72. The standard InChI is InChI=1S/C9H13NO2/c1-2-3-12-9-5-7(10)4-8(11)6-9/h4-6,11H,2-3,10H2,1H3. The van der Waals surface area contributed by atoms with Gasteiger partial charge in [0, 0.05) is 23.9 Å². The van der Waals surface area contributed by atoms with Crippen LogP contribution in [0, 0.1) is 0 Å². The van der Waals surface area contributed by atoms with Gasteiger partial charge in [0.25, 0.3) is 0 Å². The van der Waals surface area contributed by atoms with Crippen LogP contribution >= 0.6 is 0 Å². The molecule has 1 aromatic rings. The Hall–Kier alpha value is -1.38. The predicted octanol–water partition coefficient (Wildman–Crippen LogP) is 1.76. The van der Waals surface area contributed by atoms with Crippen molar-refractivity contribution in [2.75, 3.05) is 12.3 Å². The van der Waals surface area contributed by atoms with E-state index < -0.39 is 0 Å². The molecule has 0 saturated heterocycles. The van der Waals surface area contributed by atoms with Crippen LogP contribution in [0.2, 0.25) is 0 Å². The molecule has 0 bridgehead atoms. The maximum absolute atomic E-state index is 9.13. The van der Waals surface area contributed by atoms with E-state index in [-0.39, 0.29) is 5.75 Å². The molecule has 12 heavy (non-hydrogen) atoms. The van der Waals surface area contributed by atoms with Gasteiger partial charge in [0.1, 0.15) is 11.5 Å². The molecule has 0 spiro atoms. The summed E-state index contributed by atoms with van der Waals surface area (Å²) in [6.07, 6.45) is 0.940. The number of ether oxygens (including phenoxy) is 1. The van der Waals surface area contributed by atoms with Gasteiger partial charge in [-0.15, -0.1) is 0 Å². The summed E-state index contributed by atoms with van der Waals surface area (Å²) >= 11 is 0. The van der Waals surface area contributed by atoms with Crippen molar-refractivity contribution in [3.05, 3.63) is 18.2 Å². The van der Waals surface area contributed by atoms with E-state index in [4.69, 9.17) is 15.6 Å². The highest BCUT2D eigenvalue weighted by atomic mass is 16.5. The van der Waals surface area contributed by atoms with Crippen LogP contribution in [-0.4, -0.2) is 11.7 Å². The molecule has 0 aliphatic carbocycles. The zero-order valence-corrected chi connectivity index (χ0v) is 7.08. The molecule has 1 rings (SSSR count). The molecule has 0 unspecified atom stereocenters. The second-order valence-electron chi connectivity index (χ2n) is 2.61. The van der Waals surface area contributed by atoms with Crippen LogP contribution < -0.4 is 10.5 Å². The van der Waals surface area contributed by atoms with Gasteiger partial charge in [-0.25, -0.2) is 0 Å². The minimum absolute atomic E-state index is 0.140. The number of aromatic hydroxyl groups is 1. The Bertz CT molecular complexity index is 240. The Labute approximate surface area is 71.8 Å². The molecule has 66 valence electrons. The monoisotopic (exact) mass is 167 g/mol. The maximum atomic E-state index is 9.13. The fraction of sp³-hybridized carbons (Fsp3) is 0.333. The van der Waals surface area contributed by atoms with Crippen molar-refractivity contribution in [1.29, 1.82) is 0 Å². The van der Waals surface area contributed by atoms with Gasteiger partial charge in [-0.05, 0) is 6.42 Å². The van der Waals surface area contributed by atoms with Crippen LogP contribution in [0.5, 0.6) is 11.5 Å². The molecule has 0 aliphatic rings. The molecule has 0 aromatic heterocycles. The van der Waals surface area contributed by atoms with E-state index in [0.29, 0.717) is 18.0 Å². The van der Waals surface area contributed by atoms with Gasteiger partial charge < -0.3 is 15.6 Å². The summed E-state index contributed by atoms with van der Waals surface area (Å²) in [6.45, 7) is 2.66. The third-order valence-corrected chi connectivity index (χ3v) is 1.39. The number of hydrogen-bond acceptors (Lipinski definition) is 3. The van der Waals surface area contributed by atoms with E-state index in [1.807, 2.05) is 6.92 Å². The molecule has 3 nitrogen and oxygen atoms in total. The average molecular weight is 167 g/mol. The van der Waals surface area contributed by atoms with Gasteiger partial charge in [0.2, 0.25) is 0 Å². The van der Waals surface area contributed by atoms with Gasteiger partial charge >= 0.3 is 0 Å². The fourth-order valence-corrected chi connectivity index (χ4v) is 0.909. The summed E-state index contributed by atoms with van der Waals surface area (Å²) in [6, 6.07) is 4.72. The van der Waals surface area contributed by atoms with Crippen LogP contribution in [0.1, 0.15) is 13.3 Å². The summed E-state index contributed by atoms with van der Waals surface area (Å²) in [4.78, 5) is 0. The number of rotatable bonds is 3. The van der Waals surface area contributed by atoms with Gasteiger partial charge in [0.15, 0.2) is 0 Å². The average Bonchev–Trinajstić information content (AvgIpc) is 1.99. The number of hydrogen-bond donors (Lipinski definition) is 2. The van der Waals surface area contributed by atoms with E-state index in [1.54, 1.807) is 12.1 Å². The molecular formula is C9H13NO2. The summed E-state index contributed by atoms with van der Waals surface area (Å²) in [5.74, 6) is 0.760. The zero-order valence-electron chi connectivity index (χ0n) is 7.08. The molecule has 1 aromatic carbocycles. The van der Waals surface area contributed by atoms with Crippen molar-refractivity contribution in [3.63, 3.8) is 0 Å². The van der Waals surface area contributed by atoms with Crippen molar-refractivity contribution in [3.8, 4) is 11.5 Å². The Morgan fingerprint density at radius 3 is 2.75 bits per heavy atom. The Morgan fingerprint density at radius 1 is 1.42 bits per heavy atom. The first-order valence-corrected chi connectivity index (χ1v) is 3.94. The molecule has 0 radical (unpaired) electrons. The highest BCUT2D eigenvalue weighted by molar-refractivity contribution is 5.49. The minimum Gasteiger partial charge on any atom is -0.508 e. The maximum Gasteiger partial charge on any atom is 0.125 e. The summed E-state index contributed by atoms with van der Waals surface area (Å²) < 4.78 is 5.28. The summed E-state index contributed by atoms with van der Waals surface area (Å²) in [7, 11) is 0. The third kappa shape index (κ3) is 2.34. The van der Waals surface area contributed by atoms with Crippen LogP contribution in [0.4, 0.5) is 5.69 Å². The molecule has 0 aliphatic heterocycles. The van der Waals surface area contributed by atoms with Crippen LogP contribution in [0.3, 0.4) is 0 Å². The normalized spacial score (nSPS) is 9.75. The largest absolute Gasteiger partial charge is 0.508 e. The number of phenols is 1. The molecule has 0 amide bonds. The van der Waals surface area contributed by atoms with Gasteiger partial charge in [-0.2, -0.15) is 0 Å². The van der Waals surface area contributed by atoms with E-state index in [2.05, 4.69) is 0 Å². The lowest BCUT2D eigenvalue weighted by molar-refractivity contribution is 0.315. The number of anilines is 1. The van der Waals surface area contributed by atoms with Crippen LogP contribution in [0.15, 0.2) is 18.2 Å². The molecule has 3 N–H and O–H groups in total. The fourth-order valence-electron chi connectivity index (χ4n) is 0.909. The van der Waals surface area contributed by atoms with E-state index >= 15 is 0 Å². The Kier molecular flexibility index (Phi) is 2.80. The van der Waals surface area contributed by atoms with Crippen molar-refractivity contribution in [1.82, 2.24) is 0 Å². The Balaban J connectivity index is 2.72. The summed E-state index contributed by atoms with van der Waals surface area (Å²) in [5.41, 5.74) is 6.01. The molecule has 0 heterocycles. The van der Waals surface area contributed by atoms with Crippen molar-refractivity contribution in [2.24, 2.45) is 0 Å². The van der Waals surface area contributed by atoms with Crippen molar-refractivity contribution >= 4 is 5.69 Å². The summed E-state index contributed by atoms with van der Waals surface area (Å²) in [5, 5.41) is 9.13. The zero-order chi connectivity index (χ0) is 8.97. The third-order valence-electron chi connectivity index (χ3n) is 1.39. The molecule has 0 fully saturated rings. The molecular weight excluding hydrogens is 154 g/mol. The van der Waals surface area contributed by atoms with Gasteiger partial charge in [0.05, 0.1) is 6.61 Å².